The van der Waals surface area contributed by atoms with E-state index in [4.69, 9.17) is 11.6 Å². The lowest BCUT2D eigenvalue weighted by molar-refractivity contribution is 0.691. The van der Waals surface area contributed by atoms with Crippen LogP contribution in [0.4, 0.5) is 5.69 Å². The standard InChI is InChI=1S/C14H13ClINS/c15-11-8-10(16)5-6-12(11)17-14(9-3-4-9)13-2-1-7-18-13/h1-2,5-9,14,17H,3-4H2. The monoisotopic (exact) mass is 389 g/mol. The molecule has 3 rings (SSSR count). The van der Waals surface area contributed by atoms with E-state index >= 15 is 0 Å². The Morgan fingerprint density at radius 1 is 1.33 bits per heavy atom. The van der Waals surface area contributed by atoms with Crippen molar-refractivity contribution in [2.45, 2.75) is 18.9 Å². The van der Waals surface area contributed by atoms with Gasteiger partial charge in [0, 0.05) is 8.45 Å². The molecule has 1 aliphatic carbocycles. The number of rotatable bonds is 4. The summed E-state index contributed by atoms with van der Waals surface area (Å²) in [4.78, 5) is 1.41. The van der Waals surface area contributed by atoms with Crippen molar-refractivity contribution in [3.8, 4) is 0 Å². The molecule has 0 saturated heterocycles. The van der Waals surface area contributed by atoms with Crippen LogP contribution in [0.3, 0.4) is 0 Å². The Kier molecular flexibility index (Phi) is 3.82. The van der Waals surface area contributed by atoms with Crippen LogP contribution in [0.25, 0.3) is 0 Å². The molecular formula is C14H13ClINS. The van der Waals surface area contributed by atoms with Crippen molar-refractivity contribution in [3.63, 3.8) is 0 Å². The molecule has 0 spiro atoms. The molecule has 1 fully saturated rings. The largest absolute Gasteiger partial charge is 0.376 e. The van der Waals surface area contributed by atoms with Crippen molar-refractivity contribution >= 4 is 51.2 Å². The van der Waals surface area contributed by atoms with Gasteiger partial charge >= 0.3 is 0 Å². The molecule has 1 atom stereocenters. The molecule has 1 aromatic carbocycles. The van der Waals surface area contributed by atoms with Crippen LogP contribution in [0.15, 0.2) is 35.7 Å². The molecule has 18 heavy (non-hydrogen) atoms. The number of anilines is 1. The van der Waals surface area contributed by atoms with Crippen LogP contribution >= 0.6 is 45.5 Å². The zero-order chi connectivity index (χ0) is 12.5. The molecule has 1 saturated carbocycles. The molecular weight excluding hydrogens is 377 g/mol. The van der Waals surface area contributed by atoms with Crippen molar-refractivity contribution < 1.29 is 0 Å². The summed E-state index contributed by atoms with van der Waals surface area (Å²) < 4.78 is 1.17. The lowest BCUT2D eigenvalue weighted by Gasteiger charge is -2.19. The SMILES string of the molecule is Clc1cc(I)ccc1NC(c1cccs1)C1CC1. The molecule has 1 heterocycles. The van der Waals surface area contributed by atoms with Crippen LogP contribution in [0.5, 0.6) is 0 Å². The van der Waals surface area contributed by atoms with Crippen molar-refractivity contribution in [1.29, 1.82) is 0 Å². The fourth-order valence-corrected chi connectivity index (χ4v) is 3.87. The lowest BCUT2D eigenvalue weighted by atomic mass is 10.1. The van der Waals surface area contributed by atoms with E-state index in [-0.39, 0.29) is 0 Å². The Balaban J connectivity index is 1.84. The first-order chi connectivity index (χ1) is 8.74. The first-order valence-corrected chi connectivity index (χ1v) is 8.32. The van der Waals surface area contributed by atoms with Gasteiger partial charge in [-0.2, -0.15) is 0 Å². The van der Waals surface area contributed by atoms with Gasteiger partial charge in [-0.1, -0.05) is 17.7 Å². The topological polar surface area (TPSA) is 12.0 Å². The minimum Gasteiger partial charge on any atom is -0.376 e. The third-order valence-electron chi connectivity index (χ3n) is 3.19. The Hall–Kier alpha value is -0.260. The average Bonchev–Trinajstić information content (AvgIpc) is 3.03. The molecule has 94 valence electrons. The Morgan fingerprint density at radius 3 is 2.78 bits per heavy atom. The molecule has 0 aliphatic heterocycles. The number of thiophene rings is 1. The van der Waals surface area contributed by atoms with Crippen molar-refractivity contribution in [1.82, 2.24) is 0 Å². The second-order valence-electron chi connectivity index (χ2n) is 4.60. The molecule has 2 aromatic rings. The third-order valence-corrected chi connectivity index (χ3v) is 5.12. The van der Waals surface area contributed by atoms with E-state index in [0.29, 0.717) is 6.04 Å². The van der Waals surface area contributed by atoms with Crippen LogP contribution in [-0.4, -0.2) is 0 Å². The Bertz CT molecular complexity index is 537. The maximum atomic E-state index is 6.30. The Morgan fingerprint density at radius 2 is 2.17 bits per heavy atom. The molecule has 0 radical (unpaired) electrons. The van der Waals surface area contributed by atoms with E-state index in [1.165, 1.54) is 21.3 Å². The average molecular weight is 390 g/mol. The molecule has 4 heteroatoms. The first-order valence-electron chi connectivity index (χ1n) is 5.99. The molecule has 1 nitrogen and oxygen atoms in total. The van der Waals surface area contributed by atoms with Gasteiger partial charge in [-0.15, -0.1) is 11.3 Å². The molecule has 1 unspecified atom stereocenters. The molecule has 1 N–H and O–H groups in total. The molecule has 0 amide bonds. The van der Waals surface area contributed by atoms with Gasteiger partial charge in [-0.25, -0.2) is 0 Å². The van der Waals surface area contributed by atoms with Gasteiger partial charge in [0.2, 0.25) is 0 Å². The van der Waals surface area contributed by atoms with E-state index in [2.05, 4.69) is 57.6 Å². The normalized spacial score (nSPS) is 16.6. The van der Waals surface area contributed by atoms with E-state index in [0.717, 1.165) is 16.6 Å². The summed E-state index contributed by atoms with van der Waals surface area (Å²) in [5.74, 6) is 0.763. The maximum Gasteiger partial charge on any atom is 0.0648 e. The highest BCUT2D eigenvalue weighted by atomic mass is 127. The number of hydrogen-bond acceptors (Lipinski definition) is 2. The van der Waals surface area contributed by atoms with Crippen molar-refractivity contribution in [3.05, 3.63) is 49.2 Å². The van der Waals surface area contributed by atoms with Gasteiger partial charge < -0.3 is 5.32 Å². The third kappa shape index (κ3) is 2.83. The van der Waals surface area contributed by atoms with Crippen molar-refractivity contribution in [2.75, 3.05) is 5.32 Å². The number of nitrogens with one attached hydrogen (secondary N) is 1. The number of halogens is 2. The first kappa shape index (κ1) is 12.8. The summed E-state index contributed by atoms with van der Waals surface area (Å²) >= 11 is 10.4. The second kappa shape index (κ2) is 5.39. The van der Waals surface area contributed by atoms with Crippen LogP contribution in [-0.2, 0) is 0 Å². The van der Waals surface area contributed by atoms with Gasteiger partial charge in [0.1, 0.15) is 0 Å². The predicted molar refractivity (Wildman–Crippen MR) is 87.6 cm³/mol. The molecule has 1 aromatic heterocycles. The van der Waals surface area contributed by atoms with E-state index in [1.54, 1.807) is 0 Å². The highest BCUT2D eigenvalue weighted by Gasteiger charge is 2.33. The predicted octanol–water partition coefficient (Wildman–Crippen LogP) is 5.57. The summed E-state index contributed by atoms with van der Waals surface area (Å²) in [7, 11) is 0. The summed E-state index contributed by atoms with van der Waals surface area (Å²) in [6.45, 7) is 0. The highest BCUT2D eigenvalue weighted by molar-refractivity contribution is 14.1. The number of hydrogen-bond donors (Lipinski definition) is 1. The van der Waals surface area contributed by atoms with Gasteiger partial charge in [0.05, 0.1) is 16.8 Å². The van der Waals surface area contributed by atoms with Gasteiger partial charge in [-0.05, 0) is 71.0 Å². The van der Waals surface area contributed by atoms with Crippen LogP contribution in [0.1, 0.15) is 23.8 Å². The highest BCUT2D eigenvalue weighted by Crippen LogP contribution is 2.44. The van der Waals surface area contributed by atoms with E-state index in [9.17, 15) is 0 Å². The molecule has 0 bridgehead atoms. The summed E-state index contributed by atoms with van der Waals surface area (Å²) in [5.41, 5.74) is 1.04. The fourth-order valence-electron chi connectivity index (χ4n) is 2.09. The minimum atomic E-state index is 0.419. The lowest BCUT2D eigenvalue weighted by Crippen LogP contribution is -2.11. The maximum absolute atomic E-state index is 6.30. The smallest absolute Gasteiger partial charge is 0.0648 e. The summed E-state index contributed by atoms with van der Waals surface area (Å²) in [6.07, 6.45) is 2.63. The zero-order valence-corrected chi connectivity index (χ0v) is 13.4. The van der Waals surface area contributed by atoms with E-state index in [1.807, 2.05) is 17.4 Å². The second-order valence-corrected chi connectivity index (χ2v) is 7.23. The Labute approximate surface area is 130 Å². The number of benzene rings is 1. The van der Waals surface area contributed by atoms with Crippen LogP contribution in [0.2, 0.25) is 5.02 Å². The van der Waals surface area contributed by atoms with Crippen LogP contribution in [0, 0.1) is 9.49 Å². The van der Waals surface area contributed by atoms with Crippen LogP contribution < -0.4 is 5.32 Å². The molecule has 1 aliphatic rings. The summed E-state index contributed by atoms with van der Waals surface area (Å²) in [6, 6.07) is 10.9. The minimum absolute atomic E-state index is 0.419. The van der Waals surface area contributed by atoms with Crippen molar-refractivity contribution in [2.24, 2.45) is 5.92 Å². The van der Waals surface area contributed by atoms with E-state index < -0.39 is 0 Å². The van der Waals surface area contributed by atoms with Gasteiger partial charge in [0.15, 0.2) is 0 Å². The quantitative estimate of drug-likeness (QED) is 0.674. The van der Waals surface area contributed by atoms with Gasteiger partial charge in [-0.3, -0.25) is 0 Å². The fraction of sp³-hybridized carbons (Fsp3) is 0.286. The van der Waals surface area contributed by atoms with Gasteiger partial charge in [0.25, 0.3) is 0 Å². The summed E-state index contributed by atoms with van der Waals surface area (Å²) in [5, 5.41) is 6.56. The zero-order valence-electron chi connectivity index (χ0n) is 9.70.